The molecule has 124 valence electrons. The Kier molecular flexibility index (Phi) is 5.74. The van der Waals surface area contributed by atoms with Crippen LogP contribution in [0.3, 0.4) is 0 Å². The van der Waals surface area contributed by atoms with Crippen LogP contribution in [0.2, 0.25) is 0 Å². The Morgan fingerprint density at radius 3 is 2.04 bits per heavy atom. The number of aromatic nitrogens is 1. The normalized spacial score (nSPS) is 11.7. The summed E-state index contributed by atoms with van der Waals surface area (Å²) in [4.78, 5) is 6.63. The lowest BCUT2D eigenvalue weighted by atomic mass is 10.3. The minimum Gasteiger partial charge on any atom is -0.327 e. The van der Waals surface area contributed by atoms with Crippen molar-refractivity contribution in [2.75, 3.05) is 24.5 Å². The summed E-state index contributed by atoms with van der Waals surface area (Å²) in [7, 11) is -3.46. The van der Waals surface area contributed by atoms with Gasteiger partial charge in [0.1, 0.15) is 10.7 Å². The first-order valence-electron chi connectivity index (χ1n) is 7.83. The number of pyridine rings is 1. The van der Waals surface area contributed by atoms with Gasteiger partial charge < -0.3 is 4.90 Å². The Balaban J connectivity index is 2.32. The van der Waals surface area contributed by atoms with Crippen LogP contribution in [0.4, 0.5) is 11.5 Å². The number of sulfonamides is 1. The van der Waals surface area contributed by atoms with Crippen LogP contribution in [0, 0.1) is 0 Å². The molecule has 1 aromatic carbocycles. The molecule has 1 aromatic heterocycles. The molecule has 0 aliphatic rings. The van der Waals surface area contributed by atoms with Crippen molar-refractivity contribution in [1.29, 1.82) is 0 Å². The number of nitrogens with zero attached hydrogens (tertiary/aromatic N) is 3. The first kappa shape index (κ1) is 17.4. The predicted molar refractivity (Wildman–Crippen MR) is 93.5 cm³/mol. The van der Waals surface area contributed by atoms with Crippen LogP contribution < -0.4 is 4.90 Å². The molecule has 0 amide bonds. The molecule has 0 fully saturated rings. The minimum atomic E-state index is -3.46. The predicted octanol–water partition coefficient (Wildman–Crippen LogP) is 3.27. The van der Waals surface area contributed by atoms with Crippen molar-refractivity contribution in [1.82, 2.24) is 9.29 Å². The summed E-state index contributed by atoms with van der Waals surface area (Å²) in [5.74, 6) is 0.734. The Morgan fingerprint density at radius 1 is 0.913 bits per heavy atom. The SMILES string of the molecule is CCN(c1ccccc1)c1ccc(S(=O)(=O)N(CC)CC)cn1. The lowest BCUT2D eigenvalue weighted by Gasteiger charge is -2.23. The highest BCUT2D eigenvalue weighted by Gasteiger charge is 2.22. The number of benzene rings is 1. The van der Waals surface area contributed by atoms with Crippen LogP contribution in [0.1, 0.15) is 20.8 Å². The van der Waals surface area contributed by atoms with Gasteiger partial charge in [-0.05, 0) is 31.2 Å². The standard InChI is InChI=1S/C17H23N3O2S/c1-4-19(5-2)23(21,22)16-12-13-17(18-14-16)20(6-3)15-10-8-7-9-11-15/h7-14H,4-6H2,1-3H3. The van der Waals surface area contributed by atoms with Gasteiger partial charge in [-0.3, -0.25) is 0 Å². The molecule has 0 radical (unpaired) electrons. The quantitative estimate of drug-likeness (QED) is 0.780. The molecule has 2 aromatic rings. The summed E-state index contributed by atoms with van der Waals surface area (Å²) >= 11 is 0. The molecule has 2 rings (SSSR count). The Labute approximate surface area is 138 Å². The lowest BCUT2D eigenvalue weighted by Crippen LogP contribution is -2.30. The number of hydrogen-bond acceptors (Lipinski definition) is 4. The molecule has 5 nitrogen and oxygen atoms in total. The highest BCUT2D eigenvalue weighted by Crippen LogP contribution is 2.24. The third-order valence-electron chi connectivity index (χ3n) is 3.72. The molecule has 0 atom stereocenters. The number of anilines is 2. The monoisotopic (exact) mass is 333 g/mol. The summed E-state index contributed by atoms with van der Waals surface area (Å²) in [6.45, 7) is 7.35. The fraction of sp³-hybridized carbons (Fsp3) is 0.353. The van der Waals surface area contributed by atoms with Crippen molar-refractivity contribution < 1.29 is 8.42 Å². The van der Waals surface area contributed by atoms with E-state index in [1.54, 1.807) is 12.1 Å². The molecule has 0 spiro atoms. The third kappa shape index (κ3) is 3.71. The van der Waals surface area contributed by atoms with E-state index in [0.717, 1.165) is 18.1 Å². The van der Waals surface area contributed by atoms with Gasteiger partial charge in [0.2, 0.25) is 10.0 Å². The van der Waals surface area contributed by atoms with E-state index in [2.05, 4.69) is 4.98 Å². The minimum absolute atomic E-state index is 0.231. The molecule has 23 heavy (non-hydrogen) atoms. The molecule has 0 unspecified atom stereocenters. The van der Waals surface area contributed by atoms with Gasteiger partial charge in [-0.2, -0.15) is 4.31 Å². The summed E-state index contributed by atoms with van der Waals surface area (Å²) in [5, 5.41) is 0. The third-order valence-corrected chi connectivity index (χ3v) is 5.76. The fourth-order valence-electron chi connectivity index (χ4n) is 2.48. The largest absolute Gasteiger partial charge is 0.327 e. The van der Waals surface area contributed by atoms with Crippen molar-refractivity contribution >= 4 is 21.5 Å². The molecule has 0 bridgehead atoms. The number of rotatable bonds is 7. The average Bonchev–Trinajstić information content (AvgIpc) is 2.58. The highest BCUT2D eigenvalue weighted by atomic mass is 32.2. The maximum atomic E-state index is 12.5. The molecular weight excluding hydrogens is 310 g/mol. The zero-order chi connectivity index (χ0) is 16.9. The zero-order valence-electron chi connectivity index (χ0n) is 13.8. The van der Waals surface area contributed by atoms with Gasteiger partial charge in [-0.1, -0.05) is 32.0 Å². The zero-order valence-corrected chi connectivity index (χ0v) is 14.6. The van der Waals surface area contributed by atoms with E-state index < -0.39 is 10.0 Å². The van der Waals surface area contributed by atoms with Crippen LogP contribution in [-0.4, -0.2) is 37.3 Å². The molecule has 0 aliphatic carbocycles. The van der Waals surface area contributed by atoms with Crippen LogP contribution in [0.15, 0.2) is 53.6 Å². The van der Waals surface area contributed by atoms with Crippen molar-refractivity contribution in [2.45, 2.75) is 25.7 Å². The van der Waals surface area contributed by atoms with E-state index in [1.165, 1.54) is 10.5 Å². The van der Waals surface area contributed by atoms with E-state index >= 15 is 0 Å². The topological polar surface area (TPSA) is 53.5 Å². The van der Waals surface area contributed by atoms with Gasteiger partial charge >= 0.3 is 0 Å². The molecule has 6 heteroatoms. The lowest BCUT2D eigenvalue weighted by molar-refractivity contribution is 0.445. The second-order valence-electron chi connectivity index (χ2n) is 5.02. The number of para-hydroxylation sites is 1. The van der Waals surface area contributed by atoms with Crippen molar-refractivity contribution in [3.63, 3.8) is 0 Å². The van der Waals surface area contributed by atoms with Crippen molar-refractivity contribution in [2.24, 2.45) is 0 Å². The fourth-order valence-corrected chi connectivity index (χ4v) is 3.89. The second kappa shape index (κ2) is 7.57. The van der Waals surface area contributed by atoms with Gasteiger partial charge in [0.15, 0.2) is 0 Å². The maximum Gasteiger partial charge on any atom is 0.244 e. The van der Waals surface area contributed by atoms with Crippen LogP contribution in [0.5, 0.6) is 0 Å². The van der Waals surface area contributed by atoms with Crippen LogP contribution in [0.25, 0.3) is 0 Å². The first-order valence-corrected chi connectivity index (χ1v) is 9.27. The van der Waals surface area contributed by atoms with Gasteiger partial charge in [-0.25, -0.2) is 13.4 Å². The highest BCUT2D eigenvalue weighted by molar-refractivity contribution is 7.89. The average molecular weight is 333 g/mol. The Hall–Kier alpha value is -1.92. The molecule has 0 aliphatic heterocycles. The smallest absolute Gasteiger partial charge is 0.244 e. The Bertz CT molecular complexity index is 711. The van der Waals surface area contributed by atoms with E-state index in [-0.39, 0.29) is 4.90 Å². The summed E-state index contributed by atoms with van der Waals surface area (Å²) in [5.41, 5.74) is 1.03. The molecule has 1 heterocycles. The van der Waals surface area contributed by atoms with Gasteiger partial charge in [0.05, 0.1) is 0 Å². The van der Waals surface area contributed by atoms with Gasteiger partial charge in [-0.15, -0.1) is 0 Å². The second-order valence-corrected chi connectivity index (χ2v) is 6.96. The molecule has 0 saturated heterocycles. The molecular formula is C17H23N3O2S. The molecule has 0 saturated carbocycles. The van der Waals surface area contributed by atoms with Crippen LogP contribution in [-0.2, 0) is 10.0 Å². The van der Waals surface area contributed by atoms with E-state index in [0.29, 0.717) is 13.1 Å². The van der Waals surface area contributed by atoms with E-state index in [4.69, 9.17) is 0 Å². The maximum absolute atomic E-state index is 12.5. The van der Waals surface area contributed by atoms with E-state index in [9.17, 15) is 8.42 Å². The Morgan fingerprint density at radius 2 is 1.57 bits per heavy atom. The van der Waals surface area contributed by atoms with E-state index in [1.807, 2.05) is 56.0 Å². The number of hydrogen-bond donors (Lipinski definition) is 0. The van der Waals surface area contributed by atoms with Crippen molar-refractivity contribution in [3.8, 4) is 0 Å². The summed E-state index contributed by atoms with van der Waals surface area (Å²) in [6.07, 6.45) is 1.44. The van der Waals surface area contributed by atoms with Gasteiger partial charge in [0.25, 0.3) is 0 Å². The van der Waals surface area contributed by atoms with Crippen molar-refractivity contribution in [3.05, 3.63) is 48.7 Å². The summed E-state index contributed by atoms with van der Waals surface area (Å²) in [6, 6.07) is 13.3. The van der Waals surface area contributed by atoms with Crippen LogP contribution >= 0.6 is 0 Å². The van der Waals surface area contributed by atoms with Gasteiger partial charge in [0, 0.05) is 31.5 Å². The first-order chi connectivity index (χ1) is 11.0. The molecule has 0 N–H and O–H groups in total. The summed E-state index contributed by atoms with van der Waals surface area (Å²) < 4.78 is 26.4.